The van der Waals surface area contributed by atoms with Crippen molar-refractivity contribution in [1.82, 2.24) is 0 Å². The standard InChI is InChI=1S/C13H19F3N2O/c1-12(2,8-19)18(3)10-4-5-11(13(14,15)16)9(6-10)7-17/h4-6,19H,7-8,17H2,1-3H3. The van der Waals surface area contributed by atoms with Crippen LogP contribution in [0.3, 0.4) is 0 Å². The van der Waals surface area contributed by atoms with Crippen LogP contribution in [0.15, 0.2) is 18.2 Å². The molecule has 0 amide bonds. The number of hydrogen-bond acceptors (Lipinski definition) is 3. The molecule has 3 nitrogen and oxygen atoms in total. The van der Waals surface area contributed by atoms with Crippen LogP contribution in [-0.4, -0.2) is 24.3 Å². The molecule has 0 saturated carbocycles. The SMILES string of the molecule is CN(c1ccc(C(F)(F)F)c(CN)c1)C(C)(C)CO. The molecule has 1 aromatic rings. The van der Waals surface area contributed by atoms with Gasteiger partial charge in [-0.3, -0.25) is 0 Å². The maximum absolute atomic E-state index is 12.8. The summed E-state index contributed by atoms with van der Waals surface area (Å²) in [5.41, 5.74) is 4.75. The molecule has 108 valence electrons. The van der Waals surface area contributed by atoms with Gasteiger partial charge < -0.3 is 15.7 Å². The van der Waals surface area contributed by atoms with Crippen molar-refractivity contribution in [2.45, 2.75) is 32.1 Å². The van der Waals surface area contributed by atoms with Crippen LogP contribution >= 0.6 is 0 Å². The lowest BCUT2D eigenvalue weighted by Gasteiger charge is -2.36. The number of nitrogens with zero attached hydrogens (tertiary/aromatic N) is 1. The maximum atomic E-state index is 12.8. The molecule has 1 rings (SSSR count). The fourth-order valence-electron chi connectivity index (χ4n) is 1.69. The van der Waals surface area contributed by atoms with Crippen molar-refractivity contribution in [2.75, 3.05) is 18.6 Å². The van der Waals surface area contributed by atoms with Gasteiger partial charge in [-0.05, 0) is 37.6 Å². The van der Waals surface area contributed by atoms with Crippen LogP contribution in [0.25, 0.3) is 0 Å². The van der Waals surface area contributed by atoms with Crippen LogP contribution in [0, 0.1) is 0 Å². The van der Waals surface area contributed by atoms with E-state index in [1.165, 1.54) is 12.1 Å². The first-order valence-corrected chi connectivity index (χ1v) is 5.88. The number of nitrogens with two attached hydrogens (primary N) is 1. The van der Waals surface area contributed by atoms with E-state index < -0.39 is 17.3 Å². The van der Waals surface area contributed by atoms with E-state index >= 15 is 0 Å². The van der Waals surface area contributed by atoms with E-state index in [4.69, 9.17) is 5.73 Å². The van der Waals surface area contributed by atoms with E-state index in [-0.39, 0.29) is 18.7 Å². The number of benzene rings is 1. The summed E-state index contributed by atoms with van der Waals surface area (Å²) in [5.74, 6) is 0. The molecule has 0 spiro atoms. The fourth-order valence-corrected chi connectivity index (χ4v) is 1.69. The van der Waals surface area contributed by atoms with Gasteiger partial charge in [-0.15, -0.1) is 0 Å². The van der Waals surface area contributed by atoms with Gasteiger partial charge >= 0.3 is 6.18 Å². The van der Waals surface area contributed by atoms with Crippen LogP contribution in [0.5, 0.6) is 0 Å². The van der Waals surface area contributed by atoms with Crippen molar-refractivity contribution in [2.24, 2.45) is 5.73 Å². The third-order valence-electron chi connectivity index (χ3n) is 3.30. The number of anilines is 1. The van der Waals surface area contributed by atoms with Crippen LogP contribution in [0.4, 0.5) is 18.9 Å². The van der Waals surface area contributed by atoms with Crippen LogP contribution in [0.1, 0.15) is 25.0 Å². The molecule has 0 bridgehead atoms. The minimum atomic E-state index is -4.40. The van der Waals surface area contributed by atoms with Crippen molar-refractivity contribution in [3.8, 4) is 0 Å². The predicted octanol–water partition coefficient (Wildman–Crippen LogP) is 2.37. The summed E-state index contributed by atoms with van der Waals surface area (Å²) < 4.78 is 38.3. The zero-order valence-electron chi connectivity index (χ0n) is 11.3. The highest BCUT2D eigenvalue weighted by atomic mass is 19.4. The molecule has 1 aromatic carbocycles. The van der Waals surface area contributed by atoms with Crippen LogP contribution < -0.4 is 10.6 Å². The predicted molar refractivity (Wildman–Crippen MR) is 68.9 cm³/mol. The summed E-state index contributed by atoms with van der Waals surface area (Å²) in [6.07, 6.45) is -4.40. The lowest BCUT2D eigenvalue weighted by atomic mass is 10.0. The molecule has 0 aromatic heterocycles. The molecule has 0 atom stereocenters. The van der Waals surface area contributed by atoms with Crippen molar-refractivity contribution in [1.29, 1.82) is 0 Å². The van der Waals surface area contributed by atoms with Crippen molar-refractivity contribution < 1.29 is 18.3 Å². The highest BCUT2D eigenvalue weighted by Crippen LogP contribution is 2.34. The number of halogens is 3. The molecule has 0 aliphatic rings. The maximum Gasteiger partial charge on any atom is 0.416 e. The monoisotopic (exact) mass is 276 g/mol. The normalized spacial score (nSPS) is 12.6. The Bertz CT molecular complexity index is 444. The first kappa shape index (κ1) is 15.8. The second-order valence-corrected chi connectivity index (χ2v) is 5.07. The van der Waals surface area contributed by atoms with Gasteiger partial charge in [0.05, 0.1) is 17.7 Å². The van der Waals surface area contributed by atoms with Gasteiger partial charge in [0.25, 0.3) is 0 Å². The summed E-state index contributed by atoms with van der Waals surface area (Å²) in [6.45, 7) is 3.30. The van der Waals surface area contributed by atoms with E-state index in [9.17, 15) is 18.3 Å². The van der Waals surface area contributed by atoms with Gasteiger partial charge in [-0.1, -0.05) is 0 Å². The Morgan fingerprint density at radius 2 is 1.84 bits per heavy atom. The molecule has 19 heavy (non-hydrogen) atoms. The molecular formula is C13H19F3N2O. The molecule has 0 aliphatic heterocycles. The van der Waals surface area contributed by atoms with E-state index in [2.05, 4.69) is 0 Å². The molecule has 0 unspecified atom stereocenters. The minimum Gasteiger partial charge on any atom is -0.394 e. The number of hydrogen-bond donors (Lipinski definition) is 2. The minimum absolute atomic E-state index is 0.0468. The zero-order valence-corrected chi connectivity index (χ0v) is 11.3. The van der Waals surface area contributed by atoms with E-state index in [1.54, 1.807) is 25.8 Å². The number of likely N-dealkylation sites (N-methyl/N-ethyl adjacent to an activating group) is 1. The Kier molecular flexibility index (Phi) is 4.47. The summed E-state index contributed by atoms with van der Waals surface area (Å²) in [7, 11) is 1.72. The Morgan fingerprint density at radius 3 is 2.26 bits per heavy atom. The van der Waals surface area contributed by atoms with Crippen LogP contribution in [0.2, 0.25) is 0 Å². The van der Waals surface area contributed by atoms with Gasteiger partial charge in [0.2, 0.25) is 0 Å². The second kappa shape index (κ2) is 5.38. The second-order valence-electron chi connectivity index (χ2n) is 5.07. The molecule has 0 fully saturated rings. The van der Waals surface area contributed by atoms with Crippen molar-refractivity contribution >= 4 is 5.69 Å². The molecular weight excluding hydrogens is 257 g/mol. The summed E-state index contributed by atoms with van der Waals surface area (Å²) >= 11 is 0. The Morgan fingerprint density at radius 1 is 1.26 bits per heavy atom. The smallest absolute Gasteiger partial charge is 0.394 e. The third kappa shape index (κ3) is 3.39. The van der Waals surface area contributed by atoms with E-state index in [0.717, 1.165) is 6.07 Å². The fraction of sp³-hybridized carbons (Fsp3) is 0.538. The molecule has 0 radical (unpaired) electrons. The number of aliphatic hydroxyl groups excluding tert-OH is 1. The first-order valence-electron chi connectivity index (χ1n) is 5.88. The van der Waals surface area contributed by atoms with Crippen molar-refractivity contribution in [3.63, 3.8) is 0 Å². The lowest BCUT2D eigenvalue weighted by Crippen LogP contribution is -2.44. The molecule has 0 aliphatic carbocycles. The summed E-state index contributed by atoms with van der Waals surface area (Å²) in [5, 5.41) is 9.29. The largest absolute Gasteiger partial charge is 0.416 e. The number of aliphatic hydroxyl groups is 1. The zero-order chi connectivity index (χ0) is 14.8. The van der Waals surface area contributed by atoms with Gasteiger partial charge in [-0.2, -0.15) is 13.2 Å². The van der Waals surface area contributed by atoms with Gasteiger partial charge in [-0.25, -0.2) is 0 Å². The Balaban J connectivity index is 3.21. The lowest BCUT2D eigenvalue weighted by molar-refractivity contribution is -0.138. The molecule has 3 N–H and O–H groups in total. The van der Waals surface area contributed by atoms with Gasteiger partial charge in [0.1, 0.15) is 0 Å². The summed E-state index contributed by atoms with van der Waals surface area (Å²) in [4.78, 5) is 1.73. The van der Waals surface area contributed by atoms with E-state index in [0.29, 0.717) is 5.69 Å². The van der Waals surface area contributed by atoms with Gasteiger partial charge in [0, 0.05) is 19.3 Å². The number of alkyl halides is 3. The average Bonchev–Trinajstić information content (AvgIpc) is 2.35. The summed E-state index contributed by atoms with van der Waals surface area (Å²) in [6, 6.07) is 3.83. The molecule has 0 saturated heterocycles. The first-order chi connectivity index (χ1) is 8.63. The van der Waals surface area contributed by atoms with Crippen molar-refractivity contribution in [3.05, 3.63) is 29.3 Å². The van der Waals surface area contributed by atoms with E-state index in [1.807, 2.05) is 0 Å². The average molecular weight is 276 g/mol. The Labute approximate surface area is 110 Å². The Hall–Kier alpha value is -1.27. The molecule has 6 heteroatoms. The quantitative estimate of drug-likeness (QED) is 0.887. The number of rotatable bonds is 4. The third-order valence-corrected chi connectivity index (χ3v) is 3.30. The van der Waals surface area contributed by atoms with Gasteiger partial charge in [0.15, 0.2) is 0 Å². The topological polar surface area (TPSA) is 49.5 Å². The van der Waals surface area contributed by atoms with Crippen LogP contribution in [-0.2, 0) is 12.7 Å². The molecule has 0 heterocycles. The highest BCUT2D eigenvalue weighted by Gasteiger charge is 2.33. The highest BCUT2D eigenvalue weighted by molar-refractivity contribution is 5.53.